The normalized spacial score (nSPS) is 25.3. The van der Waals surface area contributed by atoms with Gasteiger partial charge in [-0.15, -0.1) is 0 Å². The van der Waals surface area contributed by atoms with Crippen LogP contribution in [0.25, 0.3) is 0 Å². The molecule has 3 heteroatoms. The van der Waals surface area contributed by atoms with Crippen molar-refractivity contribution < 1.29 is 9.50 Å². The second-order valence-electron chi connectivity index (χ2n) is 5.69. The maximum Gasteiger partial charge on any atom is 0.142 e. The Kier molecular flexibility index (Phi) is 5.23. The van der Waals surface area contributed by atoms with Gasteiger partial charge in [0.1, 0.15) is 5.82 Å². The molecule has 3 unspecified atom stereocenters. The number of aliphatic hydroxyl groups excluding tert-OH is 1. The van der Waals surface area contributed by atoms with Crippen molar-refractivity contribution >= 4 is 11.6 Å². The van der Waals surface area contributed by atoms with E-state index in [1.807, 2.05) is 0 Å². The summed E-state index contributed by atoms with van der Waals surface area (Å²) in [4.78, 5) is 0. The second-order valence-corrected chi connectivity index (χ2v) is 6.06. The predicted octanol–water partition coefficient (Wildman–Crippen LogP) is 4.60. The molecule has 0 saturated heterocycles. The molecule has 1 N–H and O–H groups in total. The zero-order valence-electron chi connectivity index (χ0n) is 11.4. The number of aliphatic hydroxyl groups is 1. The van der Waals surface area contributed by atoms with Crippen molar-refractivity contribution in [3.8, 4) is 0 Å². The van der Waals surface area contributed by atoms with Crippen LogP contribution in [0.15, 0.2) is 18.2 Å². The Morgan fingerprint density at radius 2 is 2.21 bits per heavy atom. The lowest BCUT2D eigenvalue weighted by molar-refractivity contribution is 0.0685. The Balaban J connectivity index is 2.00. The monoisotopic (exact) mass is 284 g/mol. The summed E-state index contributed by atoms with van der Waals surface area (Å²) in [7, 11) is 0. The SMILES string of the molecule is CCC1CCCC(C(O)Cc2cccc(F)c2Cl)C1. The summed E-state index contributed by atoms with van der Waals surface area (Å²) in [6.07, 6.45) is 5.86. The van der Waals surface area contributed by atoms with E-state index in [2.05, 4.69) is 6.92 Å². The van der Waals surface area contributed by atoms with Crippen LogP contribution in [0.3, 0.4) is 0 Å². The van der Waals surface area contributed by atoms with Crippen molar-refractivity contribution in [2.24, 2.45) is 11.8 Å². The minimum Gasteiger partial charge on any atom is -0.392 e. The number of hydrogen-bond donors (Lipinski definition) is 1. The van der Waals surface area contributed by atoms with Gasteiger partial charge >= 0.3 is 0 Å². The summed E-state index contributed by atoms with van der Waals surface area (Å²) >= 11 is 5.95. The van der Waals surface area contributed by atoms with Gasteiger partial charge in [0.05, 0.1) is 11.1 Å². The highest BCUT2D eigenvalue weighted by molar-refractivity contribution is 6.31. The molecule has 1 aliphatic rings. The molecular weight excluding hydrogens is 263 g/mol. The van der Waals surface area contributed by atoms with E-state index in [1.165, 1.54) is 25.3 Å². The molecule has 0 bridgehead atoms. The first-order valence-electron chi connectivity index (χ1n) is 7.22. The third-order valence-corrected chi connectivity index (χ3v) is 4.83. The van der Waals surface area contributed by atoms with E-state index in [1.54, 1.807) is 12.1 Å². The molecule has 1 aromatic carbocycles. The van der Waals surface area contributed by atoms with Crippen molar-refractivity contribution in [1.82, 2.24) is 0 Å². The van der Waals surface area contributed by atoms with Crippen molar-refractivity contribution in [2.45, 2.75) is 51.6 Å². The molecule has 0 amide bonds. The number of halogens is 2. The summed E-state index contributed by atoms with van der Waals surface area (Å²) in [5, 5.41) is 10.5. The fraction of sp³-hybridized carbons (Fsp3) is 0.625. The summed E-state index contributed by atoms with van der Waals surface area (Å²) in [6, 6.07) is 4.81. The van der Waals surface area contributed by atoms with Gasteiger partial charge in [-0.3, -0.25) is 0 Å². The number of hydrogen-bond acceptors (Lipinski definition) is 1. The lowest BCUT2D eigenvalue weighted by Crippen LogP contribution is -2.28. The van der Waals surface area contributed by atoms with Gasteiger partial charge in [0.15, 0.2) is 0 Å². The Morgan fingerprint density at radius 1 is 1.42 bits per heavy atom. The molecule has 0 aliphatic heterocycles. The van der Waals surface area contributed by atoms with Gasteiger partial charge in [-0.1, -0.05) is 49.9 Å². The molecule has 106 valence electrons. The van der Waals surface area contributed by atoms with Crippen LogP contribution < -0.4 is 0 Å². The Morgan fingerprint density at radius 3 is 2.95 bits per heavy atom. The molecule has 1 nitrogen and oxygen atoms in total. The van der Waals surface area contributed by atoms with Crippen molar-refractivity contribution in [3.05, 3.63) is 34.6 Å². The summed E-state index contributed by atoms with van der Waals surface area (Å²) in [5.74, 6) is 0.663. The van der Waals surface area contributed by atoms with Gasteiger partial charge in [0, 0.05) is 6.42 Å². The molecule has 0 spiro atoms. The van der Waals surface area contributed by atoms with E-state index in [9.17, 15) is 9.50 Å². The molecule has 19 heavy (non-hydrogen) atoms. The lowest BCUT2D eigenvalue weighted by Gasteiger charge is -2.32. The summed E-state index contributed by atoms with van der Waals surface area (Å²) in [5.41, 5.74) is 0.716. The van der Waals surface area contributed by atoms with Gasteiger partial charge in [-0.2, -0.15) is 0 Å². The maximum absolute atomic E-state index is 13.4. The van der Waals surface area contributed by atoms with Gasteiger partial charge in [-0.05, 0) is 36.3 Å². The maximum atomic E-state index is 13.4. The third kappa shape index (κ3) is 3.70. The molecule has 0 heterocycles. The van der Waals surface area contributed by atoms with Gasteiger partial charge in [0.25, 0.3) is 0 Å². The van der Waals surface area contributed by atoms with Gasteiger partial charge in [-0.25, -0.2) is 4.39 Å². The lowest BCUT2D eigenvalue weighted by atomic mass is 9.76. The highest BCUT2D eigenvalue weighted by atomic mass is 35.5. The van der Waals surface area contributed by atoms with E-state index >= 15 is 0 Å². The Hall–Kier alpha value is -0.600. The average Bonchev–Trinajstić information content (AvgIpc) is 2.44. The van der Waals surface area contributed by atoms with Crippen LogP contribution in [-0.2, 0) is 6.42 Å². The van der Waals surface area contributed by atoms with E-state index in [0.29, 0.717) is 17.9 Å². The van der Waals surface area contributed by atoms with Crippen molar-refractivity contribution in [3.63, 3.8) is 0 Å². The predicted molar refractivity (Wildman–Crippen MR) is 76.9 cm³/mol. The smallest absolute Gasteiger partial charge is 0.142 e. The second kappa shape index (κ2) is 6.71. The van der Waals surface area contributed by atoms with Gasteiger partial charge < -0.3 is 5.11 Å². The van der Waals surface area contributed by atoms with Crippen molar-refractivity contribution in [1.29, 1.82) is 0 Å². The van der Waals surface area contributed by atoms with Crippen LogP contribution in [0.4, 0.5) is 4.39 Å². The zero-order valence-corrected chi connectivity index (χ0v) is 12.2. The molecule has 1 saturated carbocycles. The standard InChI is InChI=1S/C16H22ClFO/c1-2-11-5-3-6-12(9-11)15(19)10-13-7-4-8-14(18)16(13)17/h4,7-8,11-12,15,19H,2-3,5-6,9-10H2,1H3. The number of rotatable bonds is 4. The fourth-order valence-electron chi connectivity index (χ4n) is 3.15. The third-order valence-electron chi connectivity index (χ3n) is 4.41. The topological polar surface area (TPSA) is 20.2 Å². The Labute approximate surface area is 119 Å². The quantitative estimate of drug-likeness (QED) is 0.857. The average molecular weight is 285 g/mol. The highest BCUT2D eigenvalue weighted by Gasteiger charge is 2.27. The molecule has 1 aromatic rings. The number of benzene rings is 1. The van der Waals surface area contributed by atoms with Crippen LogP contribution in [0.1, 0.15) is 44.6 Å². The molecule has 3 atom stereocenters. The molecule has 1 aliphatic carbocycles. The molecule has 0 aromatic heterocycles. The van der Waals surface area contributed by atoms with Crippen molar-refractivity contribution in [2.75, 3.05) is 0 Å². The van der Waals surface area contributed by atoms with E-state index < -0.39 is 11.9 Å². The van der Waals surface area contributed by atoms with Crippen LogP contribution >= 0.6 is 11.6 Å². The summed E-state index contributed by atoms with van der Waals surface area (Å²) in [6.45, 7) is 2.21. The van der Waals surface area contributed by atoms with Crippen LogP contribution in [0, 0.1) is 17.7 Å². The van der Waals surface area contributed by atoms with E-state index in [0.717, 1.165) is 18.8 Å². The zero-order chi connectivity index (χ0) is 13.8. The molecular formula is C16H22ClFO. The minimum atomic E-state index is -0.409. The molecule has 0 radical (unpaired) electrons. The first kappa shape index (κ1) is 14.8. The molecule has 2 rings (SSSR count). The highest BCUT2D eigenvalue weighted by Crippen LogP contribution is 2.34. The molecule has 1 fully saturated rings. The minimum absolute atomic E-state index is 0.157. The summed E-state index contributed by atoms with van der Waals surface area (Å²) < 4.78 is 13.4. The first-order valence-corrected chi connectivity index (χ1v) is 7.60. The largest absolute Gasteiger partial charge is 0.392 e. The van der Waals surface area contributed by atoms with Crippen LogP contribution in [-0.4, -0.2) is 11.2 Å². The van der Waals surface area contributed by atoms with Gasteiger partial charge in [0.2, 0.25) is 0 Å². The first-order chi connectivity index (χ1) is 9.11. The van der Waals surface area contributed by atoms with E-state index in [4.69, 9.17) is 11.6 Å². The van der Waals surface area contributed by atoms with Crippen LogP contribution in [0.2, 0.25) is 5.02 Å². The van der Waals surface area contributed by atoms with Crippen LogP contribution in [0.5, 0.6) is 0 Å². The fourth-order valence-corrected chi connectivity index (χ4v) is 3.35. The Bertz CT molecular complexity index is 421. The van der Waals surface area contributed by atoms with E-state index in [-0.39, 0.29) is 5.02 Å².